The first-order chi connectivity index (χ1) is 14.5. The Hall–Kier alpha value is 0.620. The zero-order valence-electron chi connectivity index (χ0n) is 20.8. The Kier molecular flexibility index (Phi) is 18.3. The van der Waals surface area contributed by atoms with Crippen molar-refractivity contribution in [3.05, 3.63) is 0 Å². The molecular formula is C26H52O2S2. The summed E-state index contributed by atoms with van der Waals surface area (Å²) in [5.74, 6) is 7.09. The van der Waals surface area contributed by atoms with Gasteiger partial charge in [-0.25, -0.2) is 0 Å². The van der Waals surface area contributed by atoms with E-state index in [1.54, 1.807) is 0 Å². The minimum atomic E-state index is 0.546. The maximum atomic E-state index is 5.15. The molecule has 4 saturated heterocycles. The molecule has 1 aliphatic carbocycles. The Balaban J connectivity index is 0.000000187. The highest BCUT2D eigenvalue weighted by atomic mass is 32.2. The van der Waals surface area contributed by atoms with Gasteiger partial charge in [-0.1, -0.05) is 53.4 Å². The van der Waals surface area contributed by atoms with Crippen LogP contribution in [0.3, 0.4) is 0 Å². The van der Waals surface area contributed by atoms with Gasteiger partial charge in [0.15, 0.2) is 0 Å². The van der Waals surface area contributed by atoms with Crippen LogP contribution in [-0.2, 0) is 9.47 Å². The second-order valence-electron chi connectivity index (χ2n) is 9.97. The second kappa shape index (κ2) is 19.1. The fraction of sp³-hybridized carbons (Fsp3) is 1.00. The molecule has 0 radical (unpaired) electrons. The monoisotopic (exact) mass is 460 g/mol. The third-order valence-corrected chi connectivity index (χ3v) is 8.93. The highest BCUT2D eigenvalue weighted by Crippen LogP contribution is 2.24. The molecule has 5 fully saturated rings. The Bertz CT molecular complexity index is 269. The number of rotatable bonds is 0. The van der Waals surface area contributed by atoms with Crippen molar-refractivity contribution in [1.82, 2.24) is 0 Å². The molecule has 4 heterocycles. The van der Waals surface area contributed by atoms with Crippen LogP contribution >= 0.6 is 23.5 Å². The van der Waals surface area contributed by atoms with Crippen molar-refractivity contribution in [3.63, 3.8) is 0 Å². The van der Waals surface area contributed by atoms with Gasteiger partial charge in [0.2, 0.25) is 0 Å². The minimum absolute atomic E-state index is 0.546. The molecule has 4 heteroatoms. The summed E-state index contributed by atoms with van der Waals surface area (Å²) in [5.41, 5.74) is 0. The topological polar surface area (TPSA) is 18.5 Å². The third-order valence-electron chi connectivity index (χ3n) is 6.27. The van der Waals surface area contributed by atoms with Crippen molar-refractivity contribution in [2.75, 3.05) is 37.1 Å². The van der Waals surface area contributed by atoms with Gasteiger partial charge in [0.1, 0.15) is 0 Å². The molecule has 4 aliphatic heterocycles. The molecule has 0 bridgehead atoms. The van der Waals surface area contributed by atoms with Crippen molar-refractivity contribution in [2.24, 2.45) is 17.8 Å². The van der Waals surface area contributed by atoms with Crippen LogP contribution in [0, 0.1) is 17.8 Å². The highest BCUT2D eigenvalue weighted by Gasteiger charge is 2.09. The summed E-state index contributed by atoms with van der Waals surface area (Å²) in [4.78, 5) is 0. The summed E-state index contributed by atoms with van der Waals surface area (Å²) >= 11 is 4.18. The molecule has 4 atom stereocenters. The first-order valence-corrected chi connectivity index (χ1v) is 15.1. The molecular weight excluding hydrogens is 408 g/mol. The molecule has 0 aromatic heterocycles. The Labute approximate surface area is 197 Å². The molecule has 2 nitrogen and oxygen atoms in total. The molecule has 0 amide bonds. The van der Waals surface area contributed by atoms with Crippen molar-refractivity contribution < 1.29 is 9.47 Å². The summed E-state index contributed by atoms with van der Waals surface area (Å²) in [6, 6.07) is 0. The lowest BCUT2D eigenvalue weighted by atomic mass is 10.2. The molecule has 30 heavy (non-hydrogen) atoms. The SMILES string of the molecule is CC1CCCC1.CC1CCCO1.CC1CCCS1.CC1CCOC1.CC1CCSC1. The maximum Gasteiger partial charge on any atom is 0.0547 e. The van der Waals surface area contributed by atoms with Crippen LogP contribution in [0.15, 0.2) is 0 Å². The zero-order chi connectivity index (χ0) is 22.0. The van der Waals surface area contributed by atoms with Crippen LogP contribution in [-0.4, -0.2) is 48.4 Å². The van der Waals surface area contributed by atoms with Crippen molar-refractivity contribution in [1.29, 1.82) is 0 Å². The van der Waals surface area contributed by atoms with Gasteiger partial charge in [-0.05, 0) is 80.5 Å². The van der Waals surface area contributed by atoms with Gasteiger partial charge in [-0.15, -0.1) is 0 Å². The smallest absolute Gasteiger partial charge is 0.0547 e. The lowest BCUT2D eigenvalue weighted by Crippen LogP contribution is -1.94. The Morgan fingerprint density at radius 1 is 0.633 bits per heavy atom. The van der Waals surface area contributed by atoms with Gasteiger partial charge in [-0.2, -0.15) is 23.5 Å². The van der Waals surface area contributed by atoms with E-state index in [1.807, 2.05) is 0 Å². The van der Waals surface area contributed by atoms with E-state index in [1.165, 1.54) is 81.5 Å². The van der Waals surface area contributed by atoms with Crippen molar-refractivity contribution in [3.8, 4) is 0 Å². The molecule has 180 valence electrons. The van der Waals surface area contributed by atoms with Gasteiger partial charge < -0.3 is 9.47 Å². The molecule has 0 spiro atoms. The normalized spacial score (nSPS) is 32.7. The average Bonchev–Trinajstić information content (AvgIpc) is 3.50. The van der Waals surface area contributed by atoms with E-state index in [2.05, 4.69) is 58.1 Å². The van der Waals surface area contributed by atoms with E-state index >= 15 is 0 Å². The van der Waals surface area contributed by atoms with Crippen LogP contribution in [0.2, 0.25) is 0 Å². The summed E-state index contributed by atoms with van der Waals surface area (Å²) < 4.78 is 10.2. The Morgan fingerprint density at radius 3 is 1.57 bits per heavy atom. The third kappa shape index (κ3) is 17.2. The fourth-order valence-electron chi connectivity index (χ4n) is 3.91. The second-order valence-corrected chi connectivity index (χ2v) is 12.7. The first-order valence-electron chi connectivity index (χ1n) is 12.9. The fourth-order valence-corrected chi connectivity index (χ4v) is 6.29. The first kappa shape index (κ1) is 28.7. The van der Waals surface area contributed by atoms with Gasteiger partial charge in [0, 0.05) is 25.1 Å². The molecule has 0 aromatic carbocycles. The standard InChI is InChI=1S/C6H12.2C5H10O.2C5H10S/c1-6-4-2-3-5-6;1-5-2-3-6-4-5;1-5-3-2-4-6-5;1-5-2-3-6-4-5;1-5-3-2-4-6-5/h6H,2-5H2,1H3;4*5H,2-4H2,1H3. The molecule has 5 rings (SSSR count). The van der Waals surface area contributed by atoms with Crippen molar-refractivity contribution >= 4 is 23.5 Å². The van der Waals surface area contributed by atoms with Crippen LogP contribution in [0.1, 0.15) is 98.8 Å². The lowest BCUT2D eigenvalue weighted by molar-refractivity contribution is 0.125. The van der Waals surface area contributed by atoms with E-state index in [0.717, 1.165) is 42.8 Å². The minimum Gasteiger partial charge on any atom is -0.381 e. The largest absolute Gasteiger partial charge is 0.381 e. The van der Waals surface area contributed by atoms with E-state index < -0.39 is 0 Å². The van der Waals surface area contributed by atoms with Crippen LogP contribution in [0.5, 0.6) is 0 Å². The number of thioether (sulfide) groups is 2. The summed E-state index contributed by atoms with van der Waals surface area (Å²) in [5, 5.41) is 0.963. The van der Waals surface area contributed by atoms with Crippen LogP contribution < -0.4 is 0 Å². The Morgan fingerprint density at radius 2 is 1.40 bits per heavy atom. The molecule has 5 aliphatic rings. The van der Waals surface area contributed by atoms with Gasteiger partial charge in [-0.3, -0.25) is 0 Å². The average molecular weight is 461 g/mol. The summed E-state index contributed by atoms with van der Waals surface area (Å²) in [7, 11) is 0. The molecule has 4 unspecified atom stereocenters. The van der Waals surface area contributed by atoms with Gasteiger partial charge >= 0.3 is 0 Å². The quantitative estimate of drug-likeness (QED) is 0.363. The number of ether oxygens (including phenoxy) is 2. The predicted octanol–water partition coefficient (Wildman–Crippen LogP) is 8.09. The van der Waals surface area contributed by atoms with Gasteiger partial charge in [0.25, 0.3) is 0 Å². The number of hydrogen-bond donors (Lipinski definition) is 0. The number of hydrogen-bond acceptors (Lipinski definition) is 4. The zero-order valence-corrected chi connectivity index (χ0v) is 22.5. The predicted molar refractivity (Wildman–Crippen MR) is 139 cm³/mol. The van der Waals surface area contributed by atoms with E-state index in [4.69, 9.17) is 9.47 Å². The highest BCUT2D eigenvalue weighted by molar-refractivity contribution is 8.00. The van der Waals surface area contributed by atoms with Crippen LogP contribution in [0.4, 0.5) is 0 Å². The van der Waals surface area contributed by atoms with Crippen molar-refractivity contribution in [2.45, 2.75) is 110 Å². The van der Waals surface area contributed by atoms with Crippen LogP contribution in [0.25, 0.3) is 0 Å². The summed E-state index contributed by atoms with van der Waals surface area (Å²) in [6.45, 7) is 14.3. The summed E-state index contributed by atoms with van der Waals surface area (Å²) in [6.07, 6.45) is 14.6. The van der Waals surface area contributed by atoms with E-state index in [-0.39, 0.29) is 0 Å². The van der Waals surface area contributed by atoms with Gasteiger partial charge in [0.05, 0.1) is 6.10 Å². The van der Waals surface area contributed by atoms with E-state index in [9.17, 15) is 0 Å². The molecule has 0 aromatic rings. The maximum absolute atomic E-state index is 5.15. The molecule has 1 saturated carbocycles. The molecule has 0 N–H and O–H groups in total. The van der Waals surface area contributed by atoms with E-state index in [0.29, 0.717) is 6.10 Å². The lowest BCUT2D eigenvalue weighted by Gasteiger charge is -1.94.